The van der Waals surface area contributed by atoms with E-state index < -0.39 is 0 Å². The summed E-state index contributed by atoms with van der Waals surface area (Å²) in [6.45, 7) is 8.29. The second-order valence-electron chi connectivity index (χ2n) is 4.76. The van der Waals surface area contributed by atoms with Gasteiger partial charge in [-0.1, -0.05) is 6.07 Å². The number of hydrogen-bond donors (Lipinski definition) is 1. The molecule has 0 saturated heterocycles. The first-order valence-electron chi connectivity index (χ1n) is 6.31. The molecule has 0 spiro atoms. The van der Waals surface area contributed by atoms with E-state index in [1.807, 2.05) is 26.1 Å². The highest BCUT2D eigenvalue weighted by Crippen LogP contribution is 2.24. The second kappa shape index (κ2) is 5.36. The highest BCUT2D eigenvalue weighted by atomic mass is 16.3. The number of nitrogens with one attached hydrogen (secondary N) is 1. The van der Waals surface area contributed by atoms with Gasteiger partial charge in [0.25, 0.3) is 0 Å². The summed E-state index contributed by atoms with van der Waals surface area (Å²) < 4.78 is 5.57. The lowest BCUT2D eigenvalue weighted by Crippen LogP contribution is -2.22. The van der Waals surface area contributed by atoms with Gasteiger partial charge < -0.3 is 9.73 Å². The summed E-state index contributed by atoms with van der Waals surface area (Å²) >= 11 is 0. The Morgan fingerprint density at radius 1 is 1.22 bits per heavy atom. The molecule has 0 fully saturated rings. The van der Waals surface area contributed by atoms with Crippen molar-refractivity contribution >= 4 is 0 Å². The minimum Gasteiger partial charge on any atom is -0.466 e. The van der Waals surface area contributed by atoms with Gasteiger partial charge >= 0.3 is 0 Å². The molecule has 2 atom stereocenters. The zero-order valence-electron chi connectivity index (χ0n) is 11.4. The fourth-order valence-corrected chi connectivity index (χ4v) is 2.27. The maximum absolute atomic E-state index is 5.57. The molecule has 0 aliphatic heterocycles. The number of rotatable bonds is 4. The zero-order chi connectivity index (χ0) is 13.1. The molecule has 0 amide bonds. The summed E-state index contributed by atoms with van der Waals surface area (Å²) in [5.41, 5.74) is 2.42. The van der Waals surface area contributed by atoms with E-state index in [0.29, 0.717) is 0 Å². The first-order chi connectivity index (χ1) is 8.58. The Kier molecular flexibility index (Phi) is 3.82. The predicted octanol–water partition coefficient (Wildman–Crippen LogP) is 3.70. The molecule has 2 aromatic heterocycles. The van der Waals surface area contributed by atoms with Crippen LogP contribution < -0.4 is 5.32 Å². The van der Waals surface area contributed by atoms with Crippen LogP contribution in [0.5, 0.6) is 0 Å². The molecule has 0 bridgehead atoms. The summed E-state index contributed by atoms with van der Waals surface area (Å²) in [5, 5.41) is 3.57. The first kappa shape index (κ1) is 12.8. The average molecular weight is 244 g/mol. The van der Waals surface area contributed by atoms with Gasteiger partial charge in [0.05, 0.1) is 0 Å². The summed E-state index contributed by atoms with van der Waals surface area (Å²) in [7, 11) is 0. The lowest BCUT2D eigenvalue weighted by Gasteiger charge is -2.19. The van der Waals surface area contributed by atoms with Gasteiger partial charge in [-0.3, -0.25) is 4.98 Å². The van der Waals surface area contributed by atoms with Crippen molar-refractivity contribution in [2.75, 3.05) is 0 Å². The molecular weight excluding hydrogens is 224 g/mol. The molecule has 96 valence electrons. The smallest absolute Gasteiger partial charge is 0.105 e. The molecule has 0 aromatic carbocycles. The van der Waals surface area contributed by atoms with Crippen molar-refractivity contribution in [1.29, 1.82) is 0 Å². The van der Waals surface area contributed by atoms with Crippen LogP contribution in [0.1, 0.15) is 48.6 Å². The van der Waals surface area contributed by atoms with E-state index in [1.54, 1.807) is 6.20 Å². The van der Waals surface area contributed by atoms with Crippen molar-refractivity contribution in [1.82, 2.24) is 10.3 Å². The summed E-state index contributed by atoms with van der Waals surface area (Å²) in [6, 6.07) is 6.68. The maximum Gasteiger partial charge on any atom is 0.105 e. The molecule has 0 radical (unpaired) electrons. The van der Waals surface area contributed by atoms with Crippen LogP contribution in [0.25, 0.3) is 0 Å². The van der Waals surface area contributed by atoms with Gasteiger partial charge in [-0.05, 0) is 45.4 Å². The van der Waals surface area contributed by atoms with E-state index in [4.69, 9.17) is 4.42 Å². The van der Waals surface area contributed by atoms with Gasteiger partial charge in [-0.15, -0.1) is 0 Å². The average Bonchev–Trinajstić information content (AvgIpc) is 2.69. The quantitative estimate of drug-likeness (QED) is 0.891. The lowest BCUT2D eigenvalue weighted by molar-refractivity contribution is 0.468. The standard InChI is InChI=1S/C15H20N2O/c1-10-8-15(13(4)18-10)12(3)17-11(2)14-6-5-7-16-9-14/h5-9,11-12,17H,1-4H3. The van der Waals surface area contributed by atoms with Crippen LogP contribution in [0, 0.1) is 13.8 Å². The Morgan fingerprint density at radius 3 is 2.56 bits per heavy atom. The van der Waals surface area contributed by atoms with E-state index in [0.717, 1.165) is 11.5 Å². The summed E-state index contributed by atoms with van der Waals surface area (Å²) in [5.74, 6) is 1.95. The SMILES string of the molecule is Cc1cc(C(C)NC(C)c2cccnc2)c(C)o1. The van der Waals surface area contributed by atoms with Gasteiger partial charge in [-0.2, -0.15) is 0 Å². The minimum atomic E-state index is 0.262. The van der Waals surface area contributed by atoms with Crippen LogP contribution in [0.4, 0.5) is 0 Å². The molecule has 2 rings (SSSR count). The Morgan fingerprint density at radius 2 is 2.00 bits per heavy atom. The molecule has 0 saturated carbocycles. The van der Waals surface area contributed by atoms with Gasteiger partial charge in [0, 0.05) is 30.0 Å². The number of aromatic nitrogens is 1. The fourth-order valence-electron chi connectivity index (χ4n) is 2.27. The normalized spacial score (nSPS) is 14.4. The van der Waals surface area contributed by atoms with Crippen LogP contribution in [0.3, 0.4) is 0 Å². The molecule has 3 nitrogen and oxygen atoms in total. The van der Waals surface area contributed by atoms with Crippen molar-refractivity contribution in [2.24, 2.45) is 0 Å². The van der Waals surface area contributed by atoms with Crippen LogP contribution in [-0.4, -0.2) is 4.98 Å². The van der Waals surface area contributed by atoms with Gasteiger partial charge in [0.15, 0.2) is 0 Å². The number of pyridine rings is 1. The number of furan rings is 1. The van der Waals surface area contributed by atoms with E-state index in [9.17, 15) is 0 Å². The van der Waals surface area contributed by atoms with E-state index in [2.05, 4.69) is 36.3 Å². The number of nitrogens with zero attached hydrogens (tertiary/aromatic N) is 1. The predicted molar refractivity (Wildman–Crippen MR) is 72.4 cm³/mol. The van der Waals surface area contributed by atoms with Crippen molar-refractivity contribution in [3.8, 4) is 0 Å². The van der Waals surface area contributed by atoms with Crippen LogP contribution in [0.2, 0.25) is 0 Å². The molecule has 0 aliphatic carbocycles. The molecule has 3 heteroatoms. The molecule has 2 heterocycles. The summed E-state index contributed by atoms with van der Waals surface area (Å²) in [4.78, 5) is 4.15. The fraction of sp³-hybridized carbons (Fsp3) is 0.400. The van der Waals surface area contributed by atoms with Gasteiger partial charge in [0.2, 0.25) is 0 Å². The molecule has 18 heavy (non-hydrogen) atoms. The van der Waals surface area contributed by atoms with E-state index in [1.165, 1.54) is 11.1 Å². The number of aryl methyl sites for hydroxylation is 2. The third-order valence-electron chi connectivity index (χ3n) is 3.23. The van der Waals surface area contributed by atoms with Crippen molar-refractivity contribution in [3.05, 3.63) is 53.2 Å². The minimum absolute atomic E-state index is 0.262. The molecular formula is C15H20N2O. The highest BCUT2D eigenvalue weighted by Gasteiger charge is 2.15. The number of hydrogen-bond acceptors (Lipinski definition) is 3. The molecule has 2 unspecified atom stereocenters. The summed E-state index contributed by atoms with van der Waals surface area (Å²) in [6.07, 6.45) is 3.70. The molecule has 2 aromatic rings. The van der Waals surface area contributed by atoms with Crippen molar-refractivity contribution in [2.45, 2.75) is 39.8 Å². The Balaban J connectivity index is 2.08. The monoisotopic (exact) mass is 244 g/mol. The van der Waals surface area contributed by atoms with Crippen LogP contribution >= 0.6 is 0 Å². The highest BCUT2D eigenvalue weighted by molar-refractivity contribution is 5.24. The van der Waals surface area contributed by atoms with E-state index in [-0.39, 0.29) is 12.1 Å². The third-order valence-corrected chi connectivity index (χ3v) is 3.23. The Labute approximate surface area is 108 Å². The topological polar surface area (TPSA) is 38.1 Å². The Hall–Kier alpha value is -1.61. The van der Waals surface area contributed by atoms with Crippen molar-refractivity contribution < 1.29 is 4.42 Å². The van der Waals surface area contributed by atoms with Gasteiger partial charge in [0.1, 0.15) is 11.5 Å². The molecule has 0 aliphatic rings. The van der Waals surface area contributed by atoms with Crippen LogP contribution in [0.15, 0.2) is 35.0 Å². The largest absolute Gasteiger partial charge is 0.466 e. The third kappa shape index (κ3) is 2.79. The second-order valence-corrected chi connectivity index (χ2v) is 4.76. The van der Waals surface area contributed by atoms with E-state index >= 15 is 0 Å². The molecule has 1 N–H and O–H groups in total. The maximum atomic E-state index is 5.57. The first-order valence-corrected chi connectivity index (χ1v) is 6.31. The lowest BCUT2D eigenvalue weighted by atomic mass is 10.1. The van der Waals surface area contributed by atoms with Crippen LogP contribution in [-0.2, 0) is 0 Å². The van der Waals surface area contributed by atoms with Crippen molar-refractivity contribution in [3.63, 3.8) is 0 Å². The Bertz CT molecular complexity index is 504. The van der Waals surface area contributed by atoms with Gasteiger partial charge in [-0.25, -0.2) is 0 Å². The zero-order valence-corrected chi connectivity index (χ0v) is 11.4.